The molecule has 2 amide bonds. The molecule has 2 N–H and O–H groups in total. The Morgan fingerprint density at radius 3 is 2.34 bits per heavy atom. The van der Waals surface area contributed by atoms with Crippen LogP contribution in [0.4, 0.5) is 0 Å². The molecule has 0 saturated heterocycles. The normalized spacial score (nSPS) is 12.4. The summed E-state index contributed by atoms with van der Waals surface area (Å²) in [6.07, 6.45) is 3.87. The van der Waals surface area contributed by atoms with Gasteiger partial charge in [-0.15, -0.1) is 0 Å². The first-order chi connectivity index (χ1) is 13.7. The molecule has 0 aliphatic rings. The molecule has 0 bridgehead atoms. The SMILES string of the molecule is CC(C)Cc1ccc([C@@H](C)C(=O)NS(=O)(=O)CCNC(=O)c2cccnc2)cc1. The summed E-state index contributed by atoms with van der Waals surface area (Å²) >= 11 is 0. The van der Waals surface area contributed by atoms with Crippen molar-refractivity contribution in [1.29, 1.82) is 0 Å². The zero-order valence-electron chi connectivity index (χ0n) is 16.9. The minimum atomic E-state index is -3.87. The van der Waals surface area contributed by atoms with Gasteiger partial charge in [0, 0.05) is 18.9 Å². The van der Waals surface area contributed by atoms with Gasteiger partial charge in [-0.3, -0.25) is 19.3 Å². The summed E-state index contributed by atoms with van der Waals surface area (Å²) in [5, 5.41) is 2.50. The zero-order valence-corrected chi connectivity index (χ0v) is 17.7. The molecule has 2 aromatic rings. The third-order valence-corrected chi connectivity index (χ3v) is 5.61. The number of pyridine rings is 1. The summed E-state index contributed by atoms with van der Waals surface area (Å²) in [6.45, 7) is 5.81. The summed E-state index contributed by atoms with van der Waals surface area (Å²) in [7, 11) is -3.87. The summed E-state index contributed by atoms with van der Waals surface area (Å²) in [6, 6.07) is 10.8. The lowest BCUT2D eigenvalue weighted by atomic mass is 9.96. The topological polar surface area (TPSA) is 105 Å². The minimum absolute atomic E-state index is 0.116. The number of benzene rings is 1. The van der Waals surface area contributed by atoms with Crippen LogP contribution in [-0.4, -0.2) is 37.5 Å². The number of nitrogens with zero attached hydrogens (tertiary/aromatic N) is 1. The zero-order chi connectivity index (χ0) is 21.4. The molecule has 0 aliphatic carbocycles. The molecule has 2 rings (SSSR count). The number of hydrogen-bond acceptors (Lipinski definition) is 5. The second kappa shape index (κ2) is 10.2. The summed E-state index contributed by atoms with van der Waals surface area (Å²) in [5.74, 6) is -1.49. The molecule has 0 fully saturated rings. The Morgan fingerprint density at radius 2 is 1.76 bits per heavy atom. The number of rotatable bonds is 9. The van der Waals surface area contributed by atoms with Gasteiger partial charge in [-0.05, 0) is 42.5 Å². The number of aromatic nitrogens is 1. The monoisotopic (exact) mass is 417 g/mol. The van der Waals surface area contributed by atoms with Gasteiger partial charge in [-0.1, -0.05) is 38.1 Å². The van der Waals surface area contributed by atoms with E-state index in [-0.39, 0.29) is 6.54 Å². The van der Waals surface area contributed by atoms with Crippen LogP contribution >= 0.6 is 0 Å². The van der Waals surface area contributed by atoms with Crippen LogP contribution in [0.15, 0.2) is 48.8 Å². The van der Waals surface area contributed by atoms with E-state index in [9.17, 15) is 18.0 Å². The molecule has 1 atom stereocenters. The van der Waals surface area contributed by atoms with E-state index < -0.39 is 33.5 Å². The lowest BCUT2D eigenvalue weighted by molar-refractivity contribution is -0.120. The lowest BCUT2D eigenvalue weighted by Crippen LogP contribution is -2.39. The average Bonchev–Trinajstić information content (AvgIpc) is 2.67. The van der Waals surface area contributed by atoms with E-state index in [1.807, 2.05) is 24.3 Å². The Bertz CT molecular complexity index is 926. The van der Waals surface area contributed by atoms with E-state index in [1.165, 1.54) is 18.0 Å². The molecular weight excluding hydrogens is 390 g/mol. The molecule has 8 heteroatoms. The van der Waals surface area contributed by atoms with Crippen molar-refractivity contribution in [2.45, 2.75) is 33.1 Å². The number of sulfonamides is 1. The molecular formula is C21H27N3O4S. The van der Waals surface area contributed by atoms with E-state index in [0.29, 0.717) is 11.5 Å². The number of amides is 2. The van der Waals surface area contributed by atoms with Crippen LogP contribution in [0.2, 0.25) is 0 Å². The maximum atomic E-state index is 12.4. The fraction of sp³-hybridized carbons (Fsp3) is 0.381. The first kappa shape index (κ1) is 22.5. The Morgan fingerprint density at radius 1 is 1.07 bits per heavy atom. The standard InChI is InChI=1S/C21H27N3O4S/c1-15(2)13-17-6-8-18(9-7-17)16(3)20(25)24-29(27,28)12-11-23-21(26)19-5-4-10-22-14-19/h4-10,14-16H,11-13H2,1-3H3,(H,23,26)(H,24,25)/t16-/m1/s1. The number of carbonyl (C=O) groups excluding carboxylic acids is 2. The maximum Gasteiger partial charge on any atom is 0.252 e. The third-order valence-electron chi connectivity index (χ3n) is 4.35. The van der Waals surface area contributed by atoms with E-state index >= 15 is 0 Å². The van der Waals surface area contributed by atoms with Gasteiger partial charge in [0.05, 0.1) is 17.2 Å². The predicted molar refractivity (Wildman–Crippen MR) is 112 cm³/mol. The molecule has 1 aromatic carbocycles. The molecule has 0 aliphatic heterocycles. The van der Waals surface area contributed by atoms with Gasteiger partial charge in [0.2, 0.25) is 15.9 Å². The fourth-order valence-corrected chi connectivity index (χ4v) is 3.71. The van der Waals surface area contributed by atoms with Crippen molar-refractivity contribution in [3.05, 3.63) is 65.5 Å². The van der Waals surface area contributed by atoms with Gasteiger partial charge in [0.15, 0.2) is 0 Å². The molecule has 0 spiro atoms. The van der Waals surface area contributed by atoms with Crippen molar-refractivity contribution < 1.29 is 18.0 Å². The van der Waals surface area contributed by atoms with E-state index in [1.54, 1.807) is 19.1 Å². The number of carbonyl (C=O) groups is 2. The van der Waals surface area contributed by atoms with Gasteiger partial charge in [0.1, 0.15) is 0 Å². The highest BCUT2D eigenvalue weighted by Crippen LogP contribution is 2.18. The van der Waals surface area contributed by atoms with Crippen molar-refractivity contribution in [3.63, 3.8) is 0 Å². The van der Waals surface area contributed by atoms with Crippen molar-refractivity contribution >= 4 is 21.8 Å². The van der Waals surface area contributed by atoms with E-state index in [2.05, 4.69) is 28.9 Å². The molecule has 0 saturated carbocycles. The van der Waals surface area contributed by atoms with Gasteiger partial charge in [-0.25, -0.2) is 8.42 Å². The highest BCUT2D eigenvalue weighted by atomic mass is 32.2. The van der Waals surface area contributed by atoms with Gasteiger partial charge < -0.3 is 5.32 Å². The van der Waals surface area contributed by atoms with E-state index in [4.69, 9.17) is 0 Å². The minimum Gasteiger partial charge on any atom is -0.351 e. The van der Waals surface area contributed by atoms with Gasteiger partial charge in [-0.2, -0.15) is 0 Å². The van der Waals surface area contributed by atoms with Crippen LogP contribution < -0.4 is 10.0 Å². The summed E-state index contributed by atoms with van der Waals surface area (Å²) in [4.78, 5) is 28.1. The van der Waals surface area contributed by atoms with Crippen molar-refractivity contribution in [2.75, 3.05) is 12.3 Å². The molecule has 29 heavy (non-hydrogen) atoms. The average molecular weight is 418 g/mol. The lowest BCUT2D eigenvalue weighted by Gasteiger charge is -2.14. The van der Waals surface area contributed by atoms with Crippen LogP contribution in [0.3, 0.4) is 0 Å². The Labute approximate surface area is 172 Å². The van der Waals surface area contributed by atoms with Crippen LogP contribution in [0, 0.1) is 5.92 Å². The quantitative estimate of drug-likeness (QED) is 0.651. The Kier molecular flexibility index (Phi) is 7.90. The summed E-state index contributed by atoms with van der Waals surface area (Å²) < 4.78 is 26.4. The molecule has 7 nitrogen and oxygen atoms in total. The second-order valence-corrected chi connectivity index (χ2v) is 9.19. The van der Waals surface area contributed by atoms with Gasteiger partial charge >= 0.3 is 0 Å². The first-order valence-corrected chi connectivity index (χ1v) is 11.1. The summed E-state index contributed by atoms with van der Waals surface area (Å²) in [5.41, 5.74) is 2.26. The van der Waals surface area contributed by atoms with Crippen molar-refractivity contribution in [3.8, 4) is 0 Å². The maximum absolute atomic E-state index is 12.4. The smallest absolute Gasteiger partial charge is 0.252 e. The highest BCUT2D eigenvalue weighted by molar-refractivity contribution is 7.90. The molecule has 1 aromatic heterocycles. The first-order valence-electron chi connectivity index (χ1n) is 9.49. The largest absolute Gasteiger partial charge is 0.351 e. The van der Waals surface area contributed by atoms with Crippen LogP contribution in [0.5, 0.6) is 0 Å². The third kappa shape index (κ3) is 7.30. The van der Waals surface area contributed by atoms with E-state index in [0.717, 1.165) is 12.0 Å². The fourth-order valence-electron chi connectivity index (χ4n) is 2.76. The van der Waals surface area contributed by atoms with Gasteiger partial charge in [0.25, 0.3) is 5.91 Å². The second-order valence-electron chi connectivity index (χ2n) is 7.34. The molecule has 1 heterocycles. The van der Waals surface area contributed by atoms with Crippen LogP contribution in [0.25, 0.3) is 0 Å². The van der Waals surface area contributed by atoms with Crippen LogP contribution in [0.1, 0.15) is 48.2 Å². The van der Waals surface area contributed by atoms with Crippen LogP contribution in [-0.2, 0) is 21.2 Å². The predicted octanol–water partition coefficient (Wildman–Crippen LogP) is 2.26. The number of hydrogen-bond donors (Lipinski definition) is 2. The van der Waals surface area contributed by atoms with Crippen molar-refractivity contribution in [1.82, 2.24) is 15.0 Å². The molecule has 156 valence electrons. The Hall–Kier alpha value is -2.74. The highest BCUT2D eigenvalue weighted by Gasteiger charge is 2.21. The number of nitrogens with one attached hydrogen (secondary N) is 2. The molecule has 0 radical (unpaired) electrons. The molecule has 0 unspecified atom stereocenters. The van der Waals surface area contributed by atoms with Crippen molar-refractivity contribution in [2.24, 2.45) is 5.92 Å². The Balaban J connectivity index is 1.86.